The summed E-state index contributed by atoms with van der Waals surface area (Å²) in [6.45, 7) is 0. The molecule has 3 aromatic carbocycles. The molecular weight excluding hydrogens is 368 g/mol. The number of nitrogens with zero attached hydrogens (tertiary/aromatic N) is 2. The molecule has 0 saturated heterocycles. The number of nitro benzene ring substituents is 1. The van der Waals surface area contributed by atoms with Crippen molar-refractivity contribution < 1.29 is 14.8 Å². The number of aromatic hydroxyl groups is 1. The first-order valence-electron chi connectivity index (χ1n) is 9.50. The molecule has 1 saturated carbocycles. The summed E-state index contributed by atoms with van der Waals surface area (Å²) < 4.78 is 1.74. The number of ketones is 1. The summed E-state index contributed by atoms with van der Waals surface area (Å²) in [5, 5.41) is 24.6. The number of carbonyl (C=O) groups excluding carboxylic acids is 1. The van der Waals surface area contributed by atoms with Crippen molar-refractivity contribution in [3.05, 3.63) is 81.4 Å². The van der Waals surface area contributed by atoms with Crippen molar-refractivity contribution in [1.29, 1.82) is 0 Å². The van der Waals surface area contributed by atoms with E-state index in [9.17, 15) is 20.0 Å². The zero-order valence-electron chi connectivity index (χ0n) is 15.8. The summed E-state index contributed by atoms with van der Waals surface area (Å²) in [5.41, 5.74) is 1.89. The number of aromatic nitrogens is 1. The van der Waals surface area contributed by atoms with Gasteiger partial charge in [0.15, 0.2) is 5.78 Å². The van der Waals surface area contributed by atoms with Crippen LogP contribution in [0.15, 0.2) is 54.6 Å². The molecule has 29 heavy (non-hydrogen) atoms. The second kappa shape index (κ2) is 6.17. The molecule has 1 aliphatic carbocycles. The second-order valence-electron chi connectivity index (χ2n) is 7.51. The lowest BCUT2D eigenvalue weighted by atomic mass is 9.90. The van der Waals surface area contributed by atoms with Gasteiger partial charge in [-0.05, 0) is 24.8 Å². The Labute approximate surface area is 166 Å². The number of carbonyl (C=O) groups is 1. The number of hydrogen-bond donors (Lipinski definition) is 1. The first-order chi connectivity index (χ1) is 14.0. The fraction of sp³-hybridized carbons (Fsp3) is 0.174. The van der Waals surface area contributed by atoms with Crippen molar-refractivity contribution in [2.75, 3.05) is 0 Å². The standard InChI is InChI=1S/C23H18N2O4/c1-24-16-10-6-5-9-15(16)18-20(24)21(25(28)29)17(13-11-12-13)19(23(18)27)22(26)14-7-3-2-4-8-14/h2-10,13,27H,11-12H2,1H3. The van der Waals surface area contributed by atoms with Gasteiger partial charge in [0.2, 0.25) is 0 Å². The fourth-order valence-electron chi connectivity index (χ4n) is 4.33. The van der Waals surface area contributed by atoms with Crippen LogP contribution in [0.25, 0.3) is 21.8 Å². The predicted octanol–water partition coefficient (Wildman–Crippen LogP) is 5.05. The van der Waals surface area contributed by atoms with Gasteiger partial charge in [-0.3, -0.25) is 14.9 Å². The Morgan fingerprint density at radius 2 is 1.76 bits per heavy atom. The number of aryl methyl sites for hydroxylation is 1. The maximum Gasteiger partial charge on any atom is 0.297 e. The van der Waals surface area contributed by atoms with Crippen LogP contribution in [0, 0.1) is 10.1 Å². The second-order valence-corrected chi connectivity index (χ2v) is 7.51. The van der Waals surface area contributed by atoms with Gasteiger partial charge in [0.1, 0.15) is 11.3 Å². The summed E-state index contributed by atoms with van der Waals surface area (Å²) in [4.78, 5) is 25.2. The van der Waals surface area contributed by atoms with Crippen LogP contribution in [0.1, 0.15) is 40.2 Å². The normalized spacial score (nSPS) is 13.8. The third-order valence-corrected chi connectivity index (χ3v) is 5.76. The van der Waals surface area contributed by atoms with Crippen LogP contribution in [-0.4, -0.2) is 20.4 Å². The fourth-order valence-corrected chi connectivity index (χ4v) is 4.33. The van der Waals surface area contributed by atoms with Crippen LogP contribution in [-0.2, 0) is 7.05 Å². The van der Waals surface area contributed by atoms with Gasteiger partial charge in [-0.25, -0.2) is 0 Å². The van der Waals surface area contributed by atoms with Gasteiger partial charge in [-0.1, -0.05) is 48.5 Å². The number of para-hydroxylation sites is 1. The van der Waals surface area contributed by atoms with Crippen molar-refractivity contribution in [2.24, 2.45) is 7.05 Å². The molecule has 1 aromatic heterocycles. The zero-order chi connectivity index (χ0) is 20.3. The summed E-state index contributed by atoms with van der Waals surface area (Å²) in [6.07, 6.45) is 1.54. The van der Waals surface area contributed by atoms with Crippen LogP contribution < -0.4 is 0 Å². The molecule has 0 atom stereocenters. The minimum absolute atomic E-state index is 0.0641. The molecule has 144 valence electrons. The highest BCUT2D eigenvalue weighted by atomic mass is 16.6. The Kier molecular flexibility index (Phi) is 3.71. The van der Waals surface area contributed by atoms with Crippen molar-refractivity contribution in [3.8, 4) is 5.75 Å². The molecule has 0 radical (unpaired) electrons. The molecule has 1 heterocycles. The minimum Gasteiger partial charge on any atom is -0.506 e. The van der Waals surface area contributed by atoms with E-state index in [1.807, 2.05) is 24.3 Å². The molecule has 1 aliphatic rings. The van der Waals surface area contributed by atoms with Crippen LogP contribution in [0.2, 0.25) is 0 Å². The van der Waals surface area contributed by atoms with Gasteiger partial charge in [-0.2, -0.15) is 0 Å². The van der Waals surface area contributed by atoms with E-state index in [4.69, 9.17) is 0 Å². The Morgan fingerprint density at radius 1 is 1.10 bits per heavy atom. The first-order valence-corrected chi connectivity index (χ1v) is 9.50. The SMILES string of the molecule is Cn1c2ccccc2c2c(O)c(C(=O)c3ccccc3)c(C3CC3)c([N+](=O)[O-])c21. The van der Waals surface area contributed by atoms with Crippen molar-refractivity contribution in [1.82, 2.24) is 4.57 Å². The van der Waals surface area contributed by atoms with E-state index in [2.05, 4.69) is 0 Å². The van der Waals surface area contributed by atoms with Gasteiger partial charge in [0, 0.05) is 23.5 Å². The third kappa shape index (κ3) is 2.45. The maximum absolute atomic E-state index is 13.4. The lowest BCUT2D eigenvalue weighted by Gasteiger charge is -2.14. The van der Waals surface area contributed by atoms with E-state index in [1.54, 1.807) is 41.9 Å². The number of phenolic OH excluding ortho intramolecular Hbond substituents is 1. The largest absolute Gasteiger partial charge is 0.506 e. The number of nitro groups is 1. The molecule has 5 rings (SSSR count). The Hall–Kier alpha value is -3.67. The summed E-state index contributed by atoms with van der Waals surface area (Å²) >= 11 is 0. The first kappa shape index (κ1) is 17.4. The van der Waals surface area contributed by atoms with Gasteiger partial charge in [0.25, 0.3) is 5.69 Å². The van der Waals surface area contributed by atoms with Crippen LogP contribution in [0.5, 0.6) is 5.75 Å². The third-order valence-electron chi connectivity index (χ3n) is 5.76. The number of hydrogen-bond acceptors (Lipinski definition) is 4. The average Bonchev–Trinajstić information content (AvgIpc) is 3.53. The van der Waals surface area contributed by atoms with Crippen molar-refractivity contribution in [3.63, 3.8) is 0 Å². The highest BCUT2D eigenvalue weighted by Crippen LogP contribution is 2.53. The molecule has 6 nitrogen and oxygen atoms in total. The Morgan fingerprint density at radius 3 is 2.41 bits per heavy atom. The van der Waals surface area contributed by atoms with E-state index >= 15 is 0 Å². The molecule has 0 unspecified atom stereocenters. The molecular formula is C23H18N2O4. The highest BCUT2D eigenvalue weighted by molar-refractivity contribution is 6.22. The summed E-state index contributed by atoms with van der Waals surface area (Å²) in [5.74, 6) is -0.646. The summed E-state index contributed by atoms with van der Waals surface area (Å²) in [6, 6.07) is 16.0. The van der Waals surface area contributed by atoms with Gasteiger partial charge >= 0.3 is 0 Å². The molecule has 4 aromatic rings. The molecule has 6 heteroatoms. The van der Waals surface area contributed by atoms with Crippen LogP contribution in [0.3, 0.4) is 0 Å². The number of fused-ring (bicyclic) bond motifs is 3. The van der Waals surface area contributed by atoms with Crippen molar-refractivity contribution >= 4 is 33.3 Å². The molecule has 1 N–H and O–H groups in total. The van der Waals surface area contributed by atoms with Crippen LogP contribution >= 0.6 is 0 Å². The molecule has 0 spiro atoms. The molecule has 0 aliphatic heterocycles. The molecule has 1 fully saturated rings. The van der Waals surface area contributed by atoms with E-state index in [0.717, 1.165) is 18.4 Å². The quantitative estimate of drug-likeness (QED) is 0.302. The lowest BCUT2D eigenvalue weighted by Crippen LogP contribution is -2.09. The Balaban J connectivity index is 1.99. The Bertz CT molecular complexity index is 1320. The zero-order valence-corrected chi connectivity index (χ0v) is 15.8. The van der Waals surface area contributed by atoms with Crippen molar-refractivity contribution in [2.45, 2.75) is 18.8 Å². The highest BCUT2D eigenvalue weighted by Gasteiger charge is 2.40. The van der Waals surface area contributed by atoms with E-state index in [1.165, 1.54) is 0 Å². The van der Waals surface area contributed by atoms with E-state index in [-0.39, 0.29) is 28.7 Å². The molecule has 0 bridgehead atoms. The topological polar surface area (TPSA) is 85.4 Å². The smallest absolute Gasteiger partial charge is 0.297 e. The van der Waals surface area contributed by atoms with E-state index < -0.39 is 4.92 Å². The maximum atomic E-state index is 13.4. The molecule has 0 amide bonds. The number of rotatable bonds is 4. The van der Waals surface area contributed by atoms with Crippen LogP contribution in [0.4, 0.5) is 5.69 Å². The van der Waals surface area contributed by atoms with Gasteiger partial charge < -0.3 is 9.67 Å². The average molecular weight is 386 g/mol. The summed E-state index contributed by atoms with van der Waals surface area (Å²) in [7, 11) is 1.76. The predicted molar refractivity (Wildman–Crippen MR) is 111 cm³/mol. The lowest BCUT2D eigenvalue weighted by molar-refractivity contribution is -0.384. The number of phenols is 1. The monoisotopic (exact) mass is 386 g/mol. The van der Waals surface area contributed by atoms with Gasteiger partial charge in [-0.15, -0.1) is 0 Å². The van der Waals surface area contributed by atoms with E-state index in [0.29, 0.717) is 27.4 Å². The number of benzene rings is 3. The van der Waals surface area contributed by atoms with Gasteiger partial charge in [0.05, 0.1) is 21.4 Å². The minimum atomic E-state index is -0.407.